The molecule has 0 radical (unpaired) electrons. The van der Waals surface area contributed by atoms with Crippen LogP contribution in [-0.4, -0.2) is 6.10 Å². The molecule has 1 atom stereocenters. The van der Waals surface area contributed by atoms with Crippen LogP contribution in [0.25, 0.3) is 0 Å². The van der Waals surface area contributed by atoms with Crippen molar-refractivity contribution in [2.75, 3.05) is 0 Å². The summed E-state index contributed by atoms with van der Waals surface area (Å²) < 4.78 is 20.0. The van der Waals surface area contributed by atoms with Gasteiger partial charge in [0.05, 0.1) is 12.7 Å². The molecule has 1 nitrogen and oxygen atoms in total. The molecule has 0 aliphatic heterocycles. The van der Waals surface area contributed by atoms with Crippen LogP contribution >= 0.6 is 15.9 Å². The highest BCUT2D eigenvalue weighted by atomic mass is 79.9. The Labute approximate surface area is 118 Å². The maximum Gasteiger partial charge on any atom is 0.129 e. The Kier molecular flexibility index (Phi) is 7.52. The molecule has 0 fully saturated rings. The quantitative estimate of drug-likeness (QED) is 0.578. The van der Waals surface area contributed by atoms with E-state index < -0.39 is 0 Å². The lowest BCUT2D eigenvalue weighted by Crippen LogP contribution is -2.08. The van der Waals surface area contributed by atoms with Crippen molar-refractivity contribution in [3.05, 3.63) is 34.1 Å². The number of unbranched alkanes of at least 4 members (excludes halogenated alkanes) is 3. The molecule has 0 saturated heterocycles. The van der Waals surface area contributed by atoms with E-state index in [0.717, 1.165) is 10.9 Å². The molecule has 102 valence electrons. The SMILES string of the molecule is CCCCCCC(C)OCc1ccc(Br)cc1F. The van der Waals surface area contributed by atoms with Crippen LogP contribution in [0.5, 0.6) is 0 Å². The molecular formula is C15H22BrFO. The van der Waals surface area contributed by atoms with Crippen LogP contribution < -0.4 is 0 Å². The summed E-state index contributed by atoms with van der Waals surface area (Å²) in [5.74, 6) is -0.206. The fourth-order valence-electron chi connectivity index (χ4n) is 1.81. The maximum absolute atomic E-state index is 13.5. The second-order valence-electron chi connectivity index (χ2n) is 4.71. The minimum Gasteiger partial charge on any atom is -0.374 e. The van der Waals surface area contributed by atoms with Crippen molar-refractivity contribution in [3.63, 3.8) is 0 Å². The third-order valence-electron chi connectivity index (χ3n) is 3.00. The van der Waals surface area contributed by atoms with Crippen LogP contribution in [0.3, 0.4) is 0 Å². The highest BCUT2D eigenvalue weighted by Gasteiger charge is 2.06. The Morgan fingerprint density at radius 2 is 2.06 bits per heavy atom. The van der Waals surface area contributed by atoms with Crippen LogP contribution in [0, 0.1) is 5.82 Å². The zero-order valence-electron chi connectivity index (χ0n) is 11.2. The topological polar surface area (TPSA) is 9.23 Å². The monoisotopic (exact) mass is 316 g/mol. The van der Waals surface area contributed by atoms with E-state index in [1.54, 1.807) is 6.07 Å². The maximum atomic E-state index is 13.5. The van der Waals surface area contributed by atoms with E-state index in [9.17, 15) is 4.39 Å². The van der Waals surface area contributed by atoms with Crippen LogP contribution in [0.4, 0.5) is 4.39 Å². The zero-order chi connectivity index (χ0) is 13.4. The molecule has 0 bridgehead atoms. The van der Waals surface area contributed by atoms with Gasteiger partial charge in [0.25, 0.3) is 0 Å². The van der Waals surface area contributed by atoms with Crippen LogP contribution in [-0.2, 0) is 11.3 Å². The van der Waals surface area contributed by atoms with Gasteiger partial charge in [-0.05, 0) is 25.5 Å². The van der Waals surface area contributed by atoms with Gasteiger partial charge >= 0.3 is 0 Å². The average molecular weight is 317 g/mol. The van der Waals surface area contributed by atoms with Crippen molar-refractivity contribution in [1.29, 1.82) is 0 Å². The largest absolute Gasteiger partial charge is 0.374 e. The molecule has 0 saturated carbocycles. The van der Waals surface area contributed by atoms with Gasteiger partial charge in [0.2, 0.25) is 0 Å². The Morgan fingerprint density at radius 1 is 1.28 bits per heavy atom. The first-order chi connectivity index (χ1) is 8.63. The molecule has 3 heteroatoms. The minimum absolute atomic E-state index is 0.199. The van der Waals surface area contributed by atoms with Gasteiger partial charge in [-0.1, -0.05) is 54.6 Å². The van der Waals surface area contributed by atoms with Crippen molar-refractivity contribution < 1.29 is 9.13 Å². The number of hydrogen-bond donors (Lipinski definition) is 0. The van der Waals surface area contributed by atoms with Gasteiger partial charge in [-0.3, -0.25) is 0 Å². The standard InChI is InChI=1S/C15H22BrFO/c1-3-4-5-6-7-12(2)18-11-13-8-9-14(16)10-15(13)17/h8-10,12H,3-7,11H2,1-2H3. The van der Waals surface area contributed by atoms with E-state index >= 15 is 0 Å². The van der Waals surface area contributed by atoms with E-state index in [1.165, 1.54) is 31.7 Å². The van der Waals surface area contributed by atoms with Gasteiger partial charge in [0.15, 0.2) is 0 Å². The van der Waals surface area contributed by atoms with Gasteiger partial charge < -0.3 is 4.74 Å². The smallest absolute Gasteiger partial charge is 0.129 e. The normalized spacial score (nSPS) is 12.7. The number of ether oxygens (including phenoxy) is 1. The second-order valence-corrected chi connectivity index (χ2v) is 5.62. The van der Waals surface area contributed by atoms with Crippen molar-refractivity contribution in [3.8, 4) is 0 Å². The van der Waals surface area contributed by atoms with Crippen molar-refractivity contribution in [2.24, 2.45) is 0 Å². The fourth-order valence-corrected chi connectivity index (χ4v) is 2.15. The van der Waals surface area contributed by atoms with Crippen LogP contribution in [0.1, 0.15) is 51.5 Å². The lowest BCUT2D eigenvalue weighted by atomic mass is 10.1. The summed E-state index contributed by atoms with van der Waals surface area (Å²) in [5, 5.41) is 0. The summed E-state index contributed by atoms with van der Waals surface area (Å²) >= 11 is 3.24. The van der Waals surface area contributed by atoms with Gasteiger partial charge in [0, 0.05) is 10.0 Å². The molecule has 1 rings (SSSR count). The highest BCUT2D eigenvalue weighted by molar-refractivity contribution is 9.10. The Bertz CT molecular complexity index is 354. The van der Waals surface area contributed by atoms with Crippen LogP contribution in [0.2, 0.25) is 0 Å². The summed E-state index contributed by atoms with van der Waals surface area (Å²) in [6.45, 7) is 4.62. The van der Waals surface area contributed by atoms with Crippen LogP contribution in [0.15, 0.2) is 22.7 Å². The number of halogens is 2. The predicted molar refractivity (Wildman–Crippen MR) is 77.1 cm³/mol. The second kappa shape index (κ2) is 8.65. The highest BCUT2D eigenvalue weighted by Crippen LogP contribution is 2.17. The first kappa shape index (κ1) is 15.6. The molecular weight excluding hydrogens is 295 g/mol. The molecule has 0 aliphatic rings. The Hall–Kier alpha value is -0.410. The minimum atomic E-state index is -0.206. The summed E-state index contributed by atoms with van der Waals surface area (Å²) in [4.78, 5) is 0. The average Bonchev–Trinajstić information content (AvgIpc) is 2.33. The molecule has 18 heavy (non-hydrogen) atoms. The third kappa shape index (κ3) is 5.96. The molecule has 1 unspecified atom stereocenters. The molecule has 0 aliphatic carbocycles. The lowest BCUT2D eigenvalue weighted by molar-refractivity contribution is 0.0443. The summed E-state index contributed by atoms with van der Waals surface area (Å²) in [7, 11) is 0. The molecule has 0 spiro atoms. The van der Waals surface area contributed by atoms with Gasteiger partial charge in [-0.25, -0.2) is 4.39 Å². The number of benzene rings is 1. The Morgan fingerprint density at radius 3 is 2.72 bits per heavy atom. The Balaban J connectivity index is 2.27. The van der Waals surface area contributed by atoms with Gasteiger partial charge in [-0.15, -0.1) is 0 Å². The van der Waals surface area contributed by atoms with Crippen molar-refractivity contribution in [1.82, 2.24) is 0 Å². The first-order valence-electron chi connectivity index (χ1n) is 6.69. The number of hydrogen-bond acceptors (Lipinski definition) is 1. The molecule has 0 aromatic heterocycles. The molecule has 0 heterocycles. The van der Waals surface area contributed by atoms with Crippen molar-refractivity contribution in [2.45, 2.75) is 58.7 Å². The summed E-state index contributed by atoms with van der Waals surface area (Å²) in [6, 6.07) is 5.08. The molecule has 1 aromatic carbocycles. The molecule has 0 N–H and O–H groups in total. The first-order valence-corrected chi connectivity index (χ1v) is 7.48. The summed E-state index contributed by atoms with van der Waals surface area (Å²) in [6.07, 6.45) is 6.24. The van der Waals surface area contributed by atoms with E-state index in [1.807, 2.05) is 6.07 Å². The van der Waals surface area contributed by atoms with E-state index in [-0.39, 0.29) is 11.9 Å². The fraction of sp³-hybridized carbons (Fsp3) is 0.600. The predicted octanol–water partition coefficient (Wildman–Crippen LogP) is 5.46. The molecule has 0 amide bonds. The zero-order valence-corrected chi connectivity index (χ0v) is 12.8. The van der Waals surface area contributed by atoms with Crippen molar-refractivity contribution >= 4 is 15.9 Å². The summed E-state index contributed by atoms with van der Waals surface area (Å²) in [5.41, 5.74) is 0.624. The van der Waals surface area contributed by atoms with E-state index in [4.69, 9.17) is 4.74 Å². The molecule has 1 aromatic rings. The third-order valence-corrected chi connectivity index (χ3v) is 3.50. The van der Waals surface area contributed by atoms with E-state index in [0.29, 0.717) is 12.2 Å². The van der Waals surface area contributed by atoms with Gasteiger partial charge in [0.1, 0.15) is 5.82 Å². The van der Waals surface area contributed by atoms with Gasteiger partial charge in [-0.2, -0.15) is 0 Å². The van der Waals surface area contributed by atoms with E-state index in [2.05, 4.69) is 29.8 Å². The number of rotatable bonds is 8. The lowest BCUT2D eigenvalue weighted by Gasteiger charge is -2.13.